The van der Waals surface area contributed by atoms with Gasteiger partial charge >= 0.3 is 0 Å². The lowest BCUT2D eigenvalue weighted by molar-refractivity contribution is 0.933. The second-order valence-corrected chi connectivity index (χ2v) is 4.86. The summed E-state index contributed by atoms with van der Waals surface area (Å²) < 4.78 is 0. The van der Waals surface area contributed by atoms with Crippen molar-refractivity contribution in [1.82, 2.24) is 5.43 Å². The first-order valence-corrected chi connectivity index (χ1v) is 6.27. The lowest BCUT2D eigenvalue weighted by Crippen LogP contribution is -2.13. The van der Waals surface area contributed by atoms with E-state index in [4.69, 9.17) is 11.6 Å². The van der Waals surface area contributed by atoms with E-state index in [-0.39, 0.29) is 10.1 Å². The van der Waals surface area contributed by atoms with Crippen LogP contribution in [0.5, 0.6) is 0 Å². The molecule has 0 aliphatic carbocycles. The fourth-order valence-corrected chi connectivity index (χ4v) is 2.00. The Labute approximate surface area is 113 Å². The Hall–Kier alpha value is -1.20. The van der Waals surface area contributed by atoms with Crippen LogP contribution in [0.3, 0.4) is 0 Å². The van der Waals surface area contributed by atoms with Gasteiger partial charge in [0.15, 0.2) is 0 Å². The molecule has 17 heavy (non-hydrogen) atoms. The molecule has 0 bridgehead atoms. The summed E-state index contributed by atoms with van der Waals surface area (Å²) in [6, 6.07) is 0. The number of hydrazone groups is 1. The zero-order valence-electron chi connectivity index (χ0n) is 8.90. The number of dihydropyridines is 1. The third kappa shape index (κ3) is 3.14. The normalized spacial score (nSPS) is 26.1. The van der Waals surface area contributed by atoms with Crippen molar-refractivity contribution in [2.24, 2.45) is 15.1 Å². The van der Waals surface area contributed by atoms with E-state index >= 15 is 0 Å². The van der Waals surface area contributed by atoms with Gasteiger partial charge in [0.2, 0.25) is 0 Å². The predicted octanol–water partition coefficient (Wildman–Crippen LogP) is 2.73. The average molecular weight is 314 g/mol. The Kier molecular flexibility index (Phi) is 3.91. The first kappa shape index (κ1) is 12.3. The van der Waals surface area contributed by atoms with E-state index in [9.17, 15) is 0 Å². The molecule has 2 rings (SSSR count). The molecule has 0 radical (unpaired) electrons. The number of halogens is 2. The molecule has 2 aliphatic rings. The van der Waals surface area contributed by atoms with Crippen LogP contribution in [-0.2, 0) is 0 Å². The van der Waals surface area contributed by atoms with Crippen molar-refractivity contribution in [3.63, 3.8) is 0 Å². The van der Waals surface area contributed by atoms with E-state index in [1.54, 1.807) is 6.20 Å². The van der Waals surface area contributed by atoms with Gasteiger partial charge in [-0.05, 0) is 12.5 Å². The highest BCUT2D eigenvalue weighted by Crippen LogP contribution is 2.20. The van der Waals surface area contributed by atoms with Crippen LogP contribution in [0.4, 0.5) is 0 Å². The molecule has 2 heterocycles. The summed E-state index contributed by atoms with van der Waals surface area (Å²) in [6.45, 7) is 3.88. The average Bonchev–Trinajstić information content (AvgIpc) is 2.26. The smallest absolute Gasteiger partial charge is 0.149 e. The molecule has 0 saturated heterocycles. The fourth-order valence-electron chi connectivity index (χ4n) is 1.41. The van der Waals surface area contributed by atoms with Crippen LogP contribution in [0.15, 0.2) is 51.3 Å². The van der Waals surface area contributed by atoms with Gasteiger partial charge in [0.05, 0.1) is 17.6 Å². The monoisotopic (exact) mass is 312 g/mol. The van der Waals surface area contributed by atoms with Gasteiger partial charge in [0.1, 0.15) is 10.1 Å². The Balaban J connectivity index is 2.34. The van der Waals surface area contributed by atoms with E-state index in [0.717, 1.165) is 17.7 Å². The zero-order chi connectivity index (χ0) is 12.3. The largest absolute Gasteiger partial charge is 0.285 e. The summed E-state index contributed by atoms with van der Waals surface area (Å²) in [5.74, 6) is 0. The van der Waals surface area contributed by atoms with Crippen molar-refractivity contribution in [2.45, 2.75) is 11.4 Å². The van der Waals surface area contributed by atoms with E-state index in [1.807, 2.05) is 12.2 Å². The zero-order valence-corrected chi connectivity index (χ0v) is 11.2. The van der Waals surface area contributed by atoms with Gasteiger partial charge in [-0.3, -0.25) is 10.4 Å². The Morgan fingerprint density at radius 1 is 1.53 bits per heavy atom. The number of alkyl halides is 1. The second-order valence-electron chi connectivity index (χ2n) is 3.41. The molecule has 0 aromatic heterocycles. The van der Waals surface area contributed by atoms with Crippen LogP contribution >= 0.6 is 27.5 Å². The number of nitrogens with one attached hydrogen (secondary N) is 1. The molecule has 0 saturated carbocycles. The minimum Gasteiger partial charge on any atom is -0.285 e. The van der Waals surface area contributed by atoms with Gasteiger partial charge < -0.3 is 0 Å². The second kappa shape index (κ2) is 5.42. The van der Waals surface area contributed by atoms with E-state index in [1.165, 1.54) is 6.21 Å². The van der Waals surface area contributed by atoms with Crippen LogP contribution in [-0.4, -0.2) is 22.0 Å². The van der Waals surface area contributed by atoms with Crippen molar-refractivity contribution >= 4 is 44.6 Å². The summed E-state index contributed by atoms with van der Waals surface area (Å²) >= 11 is 9.28. The lowest BCUT2D eigenvalue weighted by atomic mass is 10.1. The van der Waals surface area contributed by atoms with Gasteiger partial charge in [0, 0.05) is 11.8 Å². The molecule has 88 valence electrons. The molecular weight excluding hydrogens is 304 g/mol. The molecule has 0 fully saturated rings. The van der Waals surface area contributed by atoms with Gasteiger partial charge in [-0.15, -0.1) is 0 Å². The Morgan fingerprint density at radius 3 is 3.12 bits per heavy atom. The number of hydrogen-bond donors (Lipinski definition) is 1. The molecule has 1 N–H and O–H groups in total. The van der Waals surface area contributed by atoms with Gasteiger partial charge in [-0.25, -0.2) is 4.99 Å². The Morgan fingerprint density at radius 2 is 2.35 bits per heavy atom. The quantitative estimate of drug-likeness (QED) is 0.587. The van der Waals surface area contributed by atoms with Crippen molar-refractivity contribution in [2.75, 3.05) is 0 Å². The summed E-state index contributed by atoms with van der Waals surface area (Å²) in [5, 5.41) is 4.15. The highest BCUT2D eigenvalue weighted by Gasteiger charge is 2.14. The van der Waals surface area contributed by atoms with E-state index in [2.05, 4.69) is 43.0 Å². The molecule has 0 amide bonds. The van der Waals surface area contributed by atoms with Crippen molar-refractivity contribution in [1.29, 1.82) is 0 Å². The topological polar surface area (TPSA) is 49.1 Å². The maximum absolute atomic E-state index is 5.83. The molecule has 0 aromatic carbocycles. The number of allylic oxidation sites excluding steroid dienone is 2. The third-order valence-corrected chi connectivity index (χ3v) is 2.93. The summed E-state index contributed by atoms with van der Waals surface area (Å²) in [6.07, 6.45) is 7.99. The minimum absolute atomic E-state index is 0.0876. The first-order valence-electron chi connectivity index (χ1n) is 4.98. The SMILES string of the molecule is C=C1N=C(Cl)/C=N\NC=C1C1=NC(Br)CC=C1. The first-order chi connectivity index (χ1) is 8.16. The molecule has 1 unspecified atom stereocenters. The number of hydrogen-bond acceptors (Lipinski definition) is 4. The van der Waals surface area contributed by atoms with Crippen LogP contribution in [0.25, 0.3) is 0 Å². The standard InChI is InChI=1S/C11H10BrClN4/c1-7-8(5-14-15-6-11(13)16-7)9-3-2-4-10(12)17-9/h2-3,5-6,10,14H,1,4H2/b8-5?,15-6-,16-11?. The molecule has 0 aromatic rings. The number of rotatable bonds is 1. The molecule has 4 nitrogen and oxygen atoms in total. The van der Waals surface area contributed by atoms with E-state index < -0.39 is 0 Å². The van der Waals surface area contributed by atoms with Gasteiger partial charge in [-0.1, -0.05) is 40.2 Å². The van der Waals surface area contributed by atoms with Crippen molar-refractivity contribution in [3.8, 4) is 0 Å². The molecule has 1 atom stereocenters. The number of nitrogens with zero attached hydrogens (tertiary/aromatic N) is 3. The summed E-state index contributed by atoms with van der Waals surface area (Å²) in [5.41, 5.74) is 4.90. The predicted molar refractivity (Wildman–Crippen MR) is 76.0 cm³/mol. The fraction of sp³-hybridized carbons (Fsp3) is 0.182. The van der Waals surface area contributed by atoms with Crippen LogP contribution < -0.4 is 5.43 Å². The van der Waals surface area contributed by atoms with Crippen molar-refractivity contribution < 1.29 is 0 Å². The molecule has 0 spiro atoms. The van der Waals surface area contributed by atoms with Crippen molar-refractivity contribution in [3.05, 3.63) is 36.2 Å². The summed E-state index contributed by atoms with van der Waals surface area (Å²) in [4.78, 5) is 8.67. The third-order valence-electron chi connectivity index (χ3n) is 2.17. The van der Waals surface area contributed by atoms with Crippen LogP contribution in [0, 0.1) is 0 Å². The molecule has 6 heteroatoms. The van der Waals surface area contributed by atoms with Crippen LogP contribution in [0.1, 0.15) is 6.42 Å². The van der Waals surface area contributed by atoms with E-state index in [0.29, 0.717) is 5.70 Å². The maximum atomic E-state index is 5.83. The van der Waals surface area contributed by atoms with Gasteiger partial charge in [-0.2, -0.15) is 5.10 Å². The lowest BCUT2D eigenvalue weighted by Gasteiger charge is -2.14. The highest BCUT2D eigenvalue weighted by molar-refractivity contribution is 9.09. The molecular formula is C11H10BrClN4. The van der Waals surface area contributed by atoms with Gasteiger partial charge in [0.25, 0.3) is 0 Å². The number of aliphatic imine (C=N–C) groups is 2. The Bertz CT molecular complexity index is 488. The summed E-state index contributed by atoms with van der Waals surface area (Å²) in [7, 11) is 0. The molecule has 2 aliphatic heterocycles. The maximum Gasteiger partial charge on any atom is 0.149 e. The minimum atomic E-state index is 0.0876. The van der Waals surface area contributed by atoms with Crippen LogP contribution in [0.2, 0.25) is 0 Å². The highest BCUT2D eigenvalue weighted by atomic mass is 79.9.